The summed E-state index contributed by atoms with van der Waals surface area (Å²) in [4.78, 5) is 29.0. The van der Waals surface area contributed by atoms with Gasteiger partial charge in [-0.15, -0.1) is 13.2 Å². The van der Waals surface area contributed by atoms with Crippen LogP contribution >= 0.6 is 0 Å². The summed E-state index contributed by atoms with van der Waals surface area (Å²) in [6.07, 6.45) is -3.10. The van der Waals surface area contributed by atoms with Crippen LogP contribution in [0.1, 0.15) is 35.2 Å². The maximum absolute atomic E-state index is 13.0. The van der Waals surface area contributed by atoms with Crippen molar-refractivity contribution in [1.29, 1.82) is 0 Å². The van der Waals surface area contributed by atoms with Crippen molar-refractivity contribution < 1.29 is 32.6 Å². The number of amides is 2. The quantitative estimate of drug-likeness (QED) is 0.777. The van der Waals surface area contributed by atoms with Crippen LogP contribution in [0.2, 0.25) is 0 Å². The van der Waals surface area contributed by atoms with Crippen molar-refractivity contribution in [2.45, 2.75) is 32.2 Å². The van der Waals surface area contributed by atoms with Crippen molar-refractivity contribution in [1.82, 2.24) is 14.7 Å². The molecule has 10 heteroatoms. The van der Waals surface area contributed by atoms with Crippen LogP contribution in [0.3, 0.4) is 0 Å². The lowest BCUT2D eigenvalue weighted by Crippen LogP contribution is -2.36. The second-order valence-corrected chi connectivity index (χ2v) is 8.63. The number of benzene rings is 1. The Morgan fingerprint density at radius 2 is 1.65 bits per heavy atom. The van der Waals surface area contributed by atoms with E-state index in [2.05, 4.69) is 9.64 Å². The van der Waals surface area contributed by atoms with Crippen LogP contribution in [0, 0.1) is 11.8 Å². The molecule has 31 heavy (non-hydrogen) atoms. The van der Waals surface area contributed by atoms with E-state index in [0.29, 0.717) is 51.4 Å². The van der Waals surface area contributed by atoms with Gasteiger partial charge >= 0.3 is 12.5 Å². The molecule has 3 fully saturated rings. The highest BCUT2D eigenvalue weighted by Crippen LogP contribution is 2.34. The van der Waals surface area contributed by atoms with E-state index in [9.17, 15) is 22.8 Å². The number of rotatable bonds is 4. The van der Waals surface area contributed by atoms with Gasteiger partial charge in [-0.25, -0.2) is 4.79 Å². The Kier molecular flexibility index (Phi) is 6.00. The maximum Gasteiger partial charge on any atom is 0.573 e. The smallest absolute Gasteiger partial charge is 0.465 e. The lowest BCUT2D eigenvalue weighted by Gasteiger charge is -2.27. The Bertz CT molecular complexity index is 828. The van der Waals surface area contributed by atoms with E-state index in [1.54, 1.807) is 11.0 Å². The van der Waals surface area contributed by atoms with Crippen LogP contribution in [0.4, 0.5) is 18.0 Å². The predicted molar refractivity (Wildman–Crippen MR) is 105 cm³/mol. The van der Waals surface area contributed by atoms with Crippen molar-refractivity contribution in [3.8, 4) is 5.75 Å². The van der Waals surface area contributed by atoms with E-state index >= 15 is 0 Å². The molecule has 4 rings (SSSR count). The summed E-state index contributed by atoms with van der Waals surface area (Å²) in [5.41, 5.74) is 0.558. The largest absolute Gasteiger partial charge is 0.573 e. The fourth-order valence-corrected chi connectivity index (χ4v) is 4.95. The summed E-state index contributed by atoms with van der Waals surface area (Å²) in [6.45, 7) is 3.86. The Morgan fingerprint density at radius 3 is 2.23 bits per heavy atom. The highest BCUT2D eigenvalue weighted by Gasteiger charge is 2.41. The van der Waals surface area contributed by atoms with Crippen molar-refractivity contribution in [3.63, 3.8) is 0 Å². The third-order valence-corrected chi connectivity index (χ3v) is 6.38. The van der Waals surface area contributed by atoms with Gasteiger partial charge < -0.3 is 19.6 Å². The third kappa shape index (κ3) is 5.06. The SMILES string of the molecule is O=C(O)N1CC2CN(Cc3ccc(C(=O)N4CCCCC4)c(OC(F)(F)F)c3)CC2C1. The monoisotopic (exact) mass is 441 g/mol. The van der Waals surface area contributed by atoms with Gasteiger partial charge in [0.1, 0.15) is 5.75 Å². The summed E-state index contributed by atoms with van der Waals surface area (Å²) in [5.74, 6) is -0.420. The van der Waals surface area contributed by atoms with Gasteiger partial charge in [0.2, 0.25) is 0 Å². The molecule has 0 radical (unpaired) electrons. The van der Waals surface area contributed by atoms with Gasteiger partial charge in [-0.3, -0.25) is 9.69 Å². The first-order chi connectivity index (χ1) is 14.7. The molecule has 2 atom stereocenters. The van der Waals surface area contributed by atoms with Crippen molar-refractivity contribution in [3.05, 3.63) is 29.3 Å². The average Bonchev–Trinajstić information content (AvgIpc) is 3.26. The molecule has 2 amide bonds. The normalized spacial score (nSPS) is 24.4. The number of hydrogen-bond acceptors (Lipinski definition) is 4. The van der Waals surface area contributed by atoms with Gasteiger partial charge in [0.15, 0.2) is 0 Å². The summed E-state index contributed by atoms with van der Waals surface area (Å²) in [7, 11) is 0. The molecule has 3 saturated heterocycles. The fraction of sp³-hybridized carbons (Fsp3) is 0.619. The molecule has 170 valence electrons. The average molecular weight is 441 g/mol. The zero-order valence-corrected chi connectivity index (χ0v) is 17.1. The zero-order valence-electron chi connectivity index (χ0n) is 17.1. The number of piperidine rings is 1. The number of nitrogens with zero attached hydrogens (tertiary/aromatic N) is 3. The minimum Gasteiger partial charge on any atom is -0.465 e. The number of carbonyl (C=O) groups is 2. The molecule has 3 heterocycles. The number of carboxylic acid groups (broad SMARTS) is 1. The predicted octanol–water partition coefficient (Wildman–Crippen LogP) is 3.25. The van der Waals surface area contributed by atoms with Gasteiger partial charge in [-0.05, 0) is 48.8 Å². The molecule has 0 spiro atoms. The molecule has 0 saturated carbocycles. The third-order valence-electron chi connectivity index (χ3n) is 6.38. The number of carbonyl (C=O) groups excluding carboxylic acids is 1. The molecule has 0 aromatic heterocycles. The molecular weight excluding hydrogens is 415 g/mol. The topological polar surface area (TPSA) is 73.3 Å². The Morgan fingerprint density at radius 1 is 1.00 bits per heavy atom. The van der Waals surface area contributed by atoms with E-state index in [0.717, 1.165) is 19.3 Å². The Labute approximate surface area is 178 Å². The molecule has 0 aliphatic carbocycles. The molecule has 1 aromatic rings. The summed E-state index contributed by atoms with van der Waals surface area (Å²) < 4.78 is 43.3. The number of hydrogen-bond donors (Lipinski definition) is 1. The fourth-order valence-electron chi connectivity index (χ4n) is 4.95. The van der Waals surface area contributed by atoms with Gasteiger partial charge in [0.25, 0.3) is 5.91 Å². The van der Waals surface area contributed by atoms with Crippen LogP contribution in [0.5, 0.6) is 5.75 Å². The molecule has 3 aliphatic rings. The van der Waals surface area contributed by atoms with Gasteiger partial charge in [-0.2, -0.15) is 0 Å². The molecule has 0 bridgehead atoms. The van der Waals surface area contributed by atoms with Crippen molar-refractivity contribution in [2.75, 3.05) is 39.3 Å². The summed E-state index contributed by atoms with van der Waals surface area (Å²) in [5, 5.41) is 9.13. The first-order valence-corrected chi connectivity index (χ1v) is 10.6. The number of fused-ring (bicyclic) bond motifs is 1. The maximum atomic E-state index is 13.0. The second kappa shape index (κ2) is 8.57. The molecule has 2 unspecified atom stereocenters. The van der Waals surface area contributed by atoms with Crippen LogP contribution in [-0.4, -0.2) is 77.4 Å². The lowest BCUT2D eigenvalue weighted by molar-refractivity contribution is -0.274. The lowest BCUT2D eigenvalue weighted by atomic mass is 10.0. The first kappa shape index (κ1) is 21.7. The minimum atomic E-state index is -4.89. The summed E-state index contributed by atoms with van der Waals surface area (Å²) in [6, 6.07) is 4.41. The van der Waals surface area contributed by atoms with Crippen molar-refractivity contribution in [2.24, 2.45) is 11.8 Å². The number of alkyl halides is 3. The highest BCUT2D eigenvalue weighted by atomic mass is 19.4. The molecule has 1 N–H and O–H groups in total. The molecule has 1 aromatic carbocycles. The van der Waals surface area contributed by atoms with Crippen molar-refractivity contribution >= 4 is 12.0 Å². The number of halogens is 3. The van der Waals surface area contributed by atoms with Crippen LogP contribution in [0.15, 0.2) is 18.2 Å². The molecule has 7 nitrogen and oxygen atoms in total. The highest BCUT2D eigenvalue weighted by molar-refractivity contribution is 5.97. The van der Waals surface area contributed by atoms with E-state index in [4.69, 9.17) is 5.11 Å². The Balaban J connectivity index is 1.47. The van der Waals surface area contributed by atoms with Crippen LogP contribution in [-0.2, 0) is 6.54 Å². The minimum absolute atomic E-state index is 0.0710. The van der Waals surface area contributed by atoms with Gasteiger partial charge in [-0.1, -0.05) is 6.07 Å². The molecule has 3 aliphatic heterocycles. The first-order valence-electron chi connectivity index (χ1n) is 10.6. The summed E-state index contributed by atoms with van der Waals surface area (Å²) >= 11 is 0. The molecular formula is C21H26F3N3O4. The van der Waals surface area contributed by atoms with E-state index < -0.39 is 24.1 Å². The number of ether oxygens (including phenoxy) is 1. The van der Waals surface area contributed by atoms with Crippen LogP contribution < -0.4 is 4.74 Å². The van der Waals surface area contributed by atoms with Gasteiger partial charge in [0.05, 0.1) is 5.56 Å². The standard InChI is InChI=1S/C21H26F3N3O4/c22-21(23,24)31-18-8-14(4-5-17(18)19(28)26-6-2-1-3-7-26)9-25-10-15-12-27(20(29)30)13-16(15)11-25/h4-5,8,15-16H,1-3,6-7,9-13H2,(H,29,30). The number of likely N-dealkylation sites (tertiary alicyclic amines) is 3. The van der Waals surface area contributed by atoms with Gasteiger partial charge in [0, 0.05) is 45.8 Å². The van der Waals surface area contributed by atoms with E-state index in [1.165, 1.54) is 17.0 Å². The van der Waals surface area contributed by atoms with E-state index in [1.807, 2.05) is 0 Å². The Hall–Kier alpha value is -2.49. The van der Waals surface area contributed by atoms with Crippen LogP contribution in [0.25, 0.3) is 0 Å². The second-order valence-electron chi connectivity index (χ2n) is 8.63. The van der Waals surface area contributed by atoms with E-state index in [-0.39, 0.29) is 17.4 Å². The zero-order chi connectivity index (χ0) is 22.2.